The van der Waals surface area contributed by atoms with E-state index in [-0.39, 0.29) is 28.8 Å². The van der Waals surface area contributed by atoms with E-state index in [1.54, 1.807) is 0 Å². The molecule has 1 amide bonds. The smallest absolute Gasteiger partial charge is 0.339 e. The lowest BCUT2D eigenvalue weighted by Gasteiger charge is -2.38. The monoisotopic (exact) mass is 502 g/mol. The van der Waals surface area contributed by atoms with E-state index in [9.17, 15) is 18.0 Å². The van der Waals surface area contributed by atoms with Gasteiger partial charge in [0.05, 0.1) is 18.9 Å². The van der Waals surface area contributed by atoms with Crippen molar-refractivity contribution < 1.29 is 18.0 Å². The van der Waals surface area contributed by atoms with E-state index in [2.05, 4.69) is 54.6 Å². The second kappa shape index (κ2) is 10.0. The molecule has 5 N–H and O–H groups in total. The number of amides is 1. The van der Waals surface area contributed by atoms with Gasteiger partial charge in [0, 0.05) is 10.1 Å². The molecule has 3 saturated heterocycles. The first-order valence-electron chi connectivity index (χ1n) is 9.98. The second-order valence-corrected chi connectivity index (χ2v) is 10.9. The third-order valence-electron chi connectivity index (χ3n) is 5.82. The number of hydrogen-bond acceptors (Lipinski definition) is 7. The molecule has 7 nitrogen and oxygen atoms in total. The van der Waals surface area contributed by atoms with Crippen LogP contribution in [0.25, 0.3) is 0 Å². The average Bonchev–Trinajstić information content (AvgIpc) is 3.05. The highest BCUT2D eigenvalue weighted by atomic mass is 79.9. The van der Waals surface area contributed by atoms with Crippen molar-refractivity contribution in [2.75, 3.05) is 20.3 Å². The first-order chi connectivity index (χ1) is 13.6. The number of thioether (sulfide) groups is 1. The maximum atomic E-state index is 13.1. The van der Waals surface area contributed by atoms with Crippen LogP contribution in [0.2, 0.25) is 0 Å². The molecule has 3 aliphatic heterocycles. The number of hydrogen-bond donors (Lipinski definition) is 5. The maximum absolute atomic E-state index is 13.1. The lowest BCUT2D eigenvalue weighted by atomic mass is 9.92. The van der Waals surface area contributed by atoms with Crippen molar-refractivity contribution in [3.63, 3.8) is 0 Å². The summed E-state index contributed by atoms with van der Waals surface area (Å²) in [5, 5.41) is 9.07. The quantitative estimate of drug-likeness (QED) is 0.362. The molecule has 0 spiro atoms. The predicted molar refractivity (Wildman–Crippen MR) is 111 cm³/mol. The molecule has 168 valence electrons. The minimum absolute atomic E-state index is 0.0652. The number of alkyl halides is 4. The van der Waals surface area contributed by atoms with Crippen LogP contribution in [0.1, 0.15) is 32.6 Å². The summed E-state index contributed by atoms with van der Waals surface area (Å²) in [4.78, 5) is 14.5. The summed E-state index contributed by atoms with van der Waals surface area (Å²) in [5.74, 6) is 0.0387. The van der Waals surface area contributed by atoms with Crippen LogP contribution >= 0.6 is 27.7 Å². The van der Waals surface area contributed by atoms with Crippen molar-refractivity contribution in [1.82, 2.24) is 31.7 Å². The van der Waals surface area contributed by atoms with Crippen LogP contribution in [0.5, 0.6) is 0 Å². The first kappa shape index (κ1) is 23.6. The molecule has 0 aromatic rings. The standard InChI is InChI=1S/C17H30BrF3N6OS/c1-9(29-16-26-23-8-27(16)2)10-3-4-22-14(5-10)25-15(28)12-6-11(18)7-13(24-12)17(19,20)21/h9-14,16,22-24,26H,3-8H2,1-2H3,(H,25,28)/t9-,10?,11?,12?,13?,14?,16?/m0/s1. The number of carbonyl (C=O) groups excluding carboxylic acids is 1. The fraction of sp³-hybridized carbons (Fsp3) is 0.941. The van der Waals surface area contributed by atoms with Gasteiger partial charge in [0.2, 0.25) is 5.91 Å². The Morgan fingerprint density at radius 2 is 2.07 bits per heavy atom. The predicted octanol–water partition coefficient (Wildman–Crippen LogP) is 1.28. The molecular formula is C17H30BrF3N6OS. The van der Waals surface area contributed by atoms with Crippen LogP contribution in [-0.4, -0.2) is 71.1 Å². The fourth-order valence-electron chi connectivity index (χ4n) is 4.06. The molecule has 0 bridgehead atoms. The summed E-state index contributed by atoms with van der Waals surface area (Å²) < 4.78 is 39.3. The highest BCUT2D eigenvalue weighted by Crippen LogP contribution is 2.32. The number of piperidine rings is 2. The highest BCUT2D eigenvalue weighted by molar-refractivity contribution is 9.09. The van der Waals surface area contributed by atoms with Crippen molar-refractivity contribution in [3.05, 3.63) is 0 Å². The Bertz CT molecular complexity index is 574. The van der Waals surface area contributed by atoms with E-state index in [4.69, 9.17) is 0 Å². The molecule has 0 aromatic heterocycles. The summed E-state index contributed by atoms with van der Waals surface area (Å²) in [7, 11) is 2.05. The molecule has 3 heterocycles. The van der Waals surface area contributed by atoms with Gasteiger partial charge >= 0.3 is 6.18 Å². The molecule has 0 saturated carbocycles. The largest absolute Gasteiger partial charge is 0.403 e. The van der Waals surface area contributed by atoms with Crippen molar-refractivity contribution in [2.24, 2.45) is 5.92 Å². The molecular weight excluding hydrogens is 473 g/mol. The summed E-state index contributed by atoms with van der Waals surface area (Å²) in [6.07, 6.45) is -2.54. The maximum Gasteiger partial charge on any atom is 0.403 e. The number of nitrogens with one attached hydrogen (secondary N) is 5. The third-order valence-corrected chi connectivity index (χ3v) is 8.12. The molecule has 12 heteroatoms. The lowest BCUT2D eigenvalue weighted by molar-refractivity contribution is -0.164. The van der Waals surface area contributed by atoms with Gasteiger partial charge in [-0.3, -0.25) is 20.3 Å². The highest BCUT2D eigenvalue weighted by Gasteiger charge is 2.46. The van der Waals surface area contributed by atoms with Gasteiger partial charge in [0.25, 0.3) is 0 Å². The SMILES string of the molecule is C[C@H](SC1NNCN1C)C1CCNC(NC(=O)C2CC(Br)CC(C(F)(F)F)N2)C1. The first-order valence-corrected chi connectivity index (χ1v) is 11.8. The number of carbonyl (C=O) groups is 1. The van der Waals surface area contributed by atoms with Crippen molar-refractivity contribution in [1.29, 1.82) is 0 Å². The molecule has 3 rings (SSSR count). The topological polar surface area (TPSA) is 80.5 Å². The molecule has 3 aliphatic rings. The normalized spacial score (nSPS) is 38.0. The van der Waals surface area contributed by atoms with Crippen LogP contribution in [0, 0.1) is 5.92 Å². The van der Waals surface area contributed by atoms with Crippen LogP contribution in [-0.2, 0) is 4.79 Å². The van der Waals surface area contributed by atoms with Gasteiger partial charge in [-0.2, -0.15) is 13.2 Å². The summed E-state index contributed by atoms with van der Waals surface area (Å²) >= 11 is 5.12. The number of hydrazine groups is 1. The van der Waals surface area contributed by atoms with E-state index >= 15 is 0 Å². The van der Waals surface area contributed by atoms with E-state index in [1.165, 1.54) is 0 Å². The van der Waals surface area contributed by atoms with Gasteiger partial charge in [-0.15, -0.1) is 11.8 Å². The van der Waals surface area contributed by atoms with Crippen LogP contribution in [0.3, 0.4) is 0 Å². The van der Waals surface area contributed by atoms with Crippen molar-refractivity contribution in [2.45, 2.75) is 72.6 Å². The van der Waals surface area contributed by atoms with E-state index in [0.29, 0.717) is 17.6 Å². The molecule has 6 unspecified atom stereocenters. The summed E-state index contributed by atoms with van der Waals surface area (Å²) in [5.41, 5.74) is 6.55. The molecule has 0 aromatic carbocycles. The molecule has 3 fully saturated rings. The zero-order chi connectivity index (χ0) is 21.2. The summed E-state index contributed by atoms with van der Waals surface area (Å²) in [6, 6.07) is -2.51. The van der Waals surface area contributed by atoms with E-state index in [0.717, 1.165) is 26.1 Å². The van der Waals surface area contributed by atoms with Gasteiger partial charge in [-0.05, 0) is 45.2 Å². The molecule has 7 atom stereocenters. The molecule has 29 heavy (non-hydrogen) atoms. The van der Waals surface area contributed by atoms with E-state index in [1.807, 2.05) is 18.8 Å². The number of halogens is 4. The second-order valence-electron chi connectivity index (χ2n) is 8.11. The number of nitrogens with zero attached hydrogens (tertiary/aromatic N) is 1. The zero-order valence-electron chi connectivity index (χ0n) is 16.6. The Morgan fingerprint density at radius 1 is 1.31 bits per heavy atom. The number of rotatable bonds is 5. The van der Waals surface area contributed by atoms with Gasteiger partial charge in [-0.25, -0.2) is 10.9 Å². The summed E-state index contributed by atoms with van der Waals surface area (Å²) in [6.45, 7) is 3.76. The molecule has 0 aliphatic carbocycles. The molecule has 0 radical (unpaired) electrons. The van der Waals surface area contributed by atoms with Gasteiger partial charge in [-0.1, -0.05) is 22.9 Å². The Labute approximate surface area is 182 Å². The van der Waals surface area contributed by atoms with Gasteiger partial charge in [0.15, 0.2) is 0 Å². The minimum Gasteiger partial charge on any atom is -0.339 e. The third kappa shape index (κ3) is 6.44. The minimum atomic E-state index is -4.36. The Hall–Kier alpha value is -0.110. The van der Waals surface area contributed by atoms with Crippen LogP contribution in [0.4, 0.5) is 13.2 Å². The van der Waals surface area contributed by atoms with Gasteiger partial charge in [0.1, 0.15) is 11.5 Å². The average molecular weight is 503 g/mol. The van der Waals surface area contributed by atoms with Crippen molar-refractivity contribution in [3.8, 4) is 0 Å². The lowest BCUT2D eigenvalue weighted by Crippen LogP contribution is -2.61. The van der Waals surface area contributed by atoms with Gasteiger partial charge < -0.3 is 5.32 Å². The Balaban J connectivity index is 1.51. The zero-order valence-corrected chi connectivity index (χ0v) is 19.0. The Kier molecular flexibility index (Phi) is 8.13. The Morgan fingerprint density at radius 3 is 2.72 bits per heavy atom. The fourth-order valence-corrected chi connectivity index (χ4v) is 6.11. The van der Waals surface area contributed by atoms with Crippen LogP contribution < -0.4 is 26.8 Å². The van der Waals surface area contributed by atoms with Crippen LogP contribution in [0.15, 0.2) is 0 Å². The van der Waals surface area contributed by atoms with Crippen molar-refractivity contribution >= 4 is 33.6 Å². The van der Waals surface area contributed by atoms with E-state index < -0.39 is 18.3 Å².